The van der Waals surface area contributed by atoms with Gasteiger partial charge in [-0.3, -0.25) is 11.1 Å². The first-order valence-corrected chi connectivity index (χ1v) is 15.9. The van der Waals surface area contributed by atoms with Gasteiger partial charge in [0, 0.05) is 13.1 Å². The second-order valence-corrected chi connectivity index (χ2v) is 15.4. The number of rotatable bonds is 10. The third-order valence-electron chi connectivity index (χ3n) is 6.00. The van der Waals surface area contributed by atoms with E-state index in [1.165, 1.54) is 72.8 Å². The van der Waals surface area contributed by atoms with Crippen molar-refractivity contribution in [2.24, 2.45) is 11.5 Å². The normalized spacial score (nSPS) is 13.9. The second-order valence-electron chi connectivity index (χ2n) is 8.84. The molecule has 0 saturated heterocycles. The Morgan fingerprint density at radius 2 is 0.973 bits per heavy atom. The summed E-state index contributed by atoms with van der Waals surface area (Å²) >= 11 is 0. The van der Waals surface area contributed by atoms with E-state index in [1.807, 2.05) is 0 Å². The lowest BCUT2D eigenvalue weighted by atomic mass is 10.2. The van der Waals surface area contributed by atoms with Gasteiger partial charge in [-0.2, -0.15) is 0 Å². The van der Waals surface area contributed by atoms with Crippen molar-refractivity contribution in [2.45, 2.75) is 45.0 Å². The molecule has 3 aromatic carbocycles. The fourth-order valence-corrected chi connectivity index (χ4v) is 11.0. The lowest BCUT2D eigenvalue weighted by Crippen LogP contribution is -2.69. The number of benzene rings is 3. The van der Waals surface area contributed by atoms with Crippen LogP contribution in [0.3, 0.4) is 0 Å². The molecule has 3 rings (SSSR count). The standard InChI is InChI=1S/C25H31N3O6S3/c1-18-4-10-21(11-5-18)35(29,30)24(28-17-16-26)25(27,36(31,32)22-12-6-19(2)7-13-22)37(33,34)23-14-8-20(3)9-15-23/h4-15,24,28H,16-17,26-27H2,1-3H3. The van der Waals surface area contributed by atoms with Crippen LogP contribution in [0.25, 0.3) is 0 Å². The molecule has 12 heteroatoms. The Kier molecular flexibility index (Phi) is 8.32. The number of sulfone groups is 3. The van der Waals surface area contributed by atoms with Crippen molar-refractivity contribution in [2.75, 3.05) is 13.1 Å². The Morgan fingerprint density at radius 1 is 0.649 bits per heavy atom. The number of hydrogen-bond acceptors (Lipinski definition) is 9. The minimum atomic E-state index is -5.05. The van der Waals surface area contributed by atoms with Crippen molar-refractivity contribution < 1.29 is 25.3 Å². The van der Waals surface area contributed by atoms with Gasteiger partial charge in [-0.15, -0.1) is 0 Å². The highest BCUT2D eigenvalue weighted by atomic mass is 32.3. The molecule has 0 aliphatic rings. The van der Waals surface area contributed by atoms with Gasteiger partial charge in [0.15, 0.2) is 15.2 Å². The molecular formula is C25H31N3O6S3. The van der Waals surface area contributed by atoms with Crippen LogP contribution < -0.4 is 16.8 Å². The maximum absolute atomic E-state index is 14.1. The first-order valence-electron chi connectivity index (χ1n) is 11.3. The molecule has 3 aromatic rings. The Labute approximate surface area is 218 Å². The molecule has 0 radical (unpaired) electrons. The van der Waals surface area contributed by atoms with Gasteiger partial charge >= 0.3 is 0 Å². The third-order valence-corrected chi connectivity index (χ3v) is 13.6. The van der Waals surface area contributed by atoms with Crippen molar-refractivity contribution >= 4 is 29.5 Å². The SMILES string of the molecule is Cc1ccc(S(=O)(=O)C(NCCN)C(N)(S(=O)(=O)c2ccc(C)cc2)S(=O)(=O)c2ccc(C)cc2)cc1. The molecular weight excluding hydrogens is 534 g/mol. The number of nitrogens with one attached hydrogen (secondary N) is 1. The van der Waals surface area contributed by atoms with Gasteiger partial charge < -0.3 is 5.73 Å². The summed E-state index contributed by atoms with van der Waals surface area (Å²) in [6.07, 6.45) is 0. The van der Waals surface area contributed by atoms with Crippen LogP contribution in [0.4, 0.5) is 0 Å². The maximum Gasteiger partial charge on any atom is 0.260 e. The largest absolute Gasteiger partial charge is 0.329 e. The average molecular weight is 566 g/mol. The molecule has 9 nitrogen and oxygen atoms in total. The van der Waals surface area contributed by atoms with Crippen LogP contribution >= 0.6 is 0 Å². The quantitative estimate of drug-likeness (QED) is 0.332. The predicted molar refractivity (Wildman–Crippen MR) is 143 cm³/mol. The van der Waals surface area contributed by atoms with Crippen molar-refractivity contribution in [1.82, 2.24) is 5.32 Å². The van der Waals surface area contributed by atoms with Crippen LogP contribution in [0.1, 0.15) is 16.7 Å². The summed E-state index contributed by atoms with van der Waals surface area (Å²) in [7, 11) is -14.8. The fourth-order valence-electron chi connectivity index (χ4n) is 3.78. The van der Waals surface area contributed by atoms with E-state index in [2.05, 4.69) is 5.32 Å². The first-order chi connectivity index (χ1) is 17.2. The van der Waals surface area contributed by atoms with E-state index in [0.29, 0.717) is 11.1 Å². The van der Waals surface area contributed by atoms with Gasteiger partial charge in [-0.1, -0.05) is 53.1 Å². The van der Waals surface area contributed by atoms with E-state index in [9.17, 15) is 25.3 Å². The van der Waals surface area contributed by atoms with E-state index in [1.54, 1.807) is 20.8 Å². The van der Waals surface area contributed by atoms with Crippen LogP contribution in [-0.4, -0.2) is 47.9 Å². The van der Waals surface area contributed by atoms with E-state index in [4.69, 9.17) is 11.5 Å². The Morgan fingerprint density at radius 3 is 1.30 bits per heavy atom. The molecule has 0 aromatic heterocycles. The topological polar surface area (TPSA) is 166 Å². The van der Waals surface area contributed by atoms with Gasteiger partial charge in [-0.25, -0.2) is 25.3 Å². The molecule has 0 saturated carbocycles. The minimum absolute atomic E-state index is 0.106. The van der Waals surface area contributed by atoms with Crippen LogP contribution in [0, 0.1) is 20.8 Å². The van der Waals surface area contributed by atoms with Crippen molar-refractivity contribution in [1.29, 1.82) is 0 Å². The molecule has 0 aliphatic heterocycles. The zero-order valence-electron chi connectivity index (χ0n) is 20.7. The van der Waals surface area contributed by atoms with Crippen molar-refractivity contribution in [3.05, 3.63) is 89.5 Å². The van der Waals surface area contributed by atoms with Crippen LogP contribution in [-0.2, 0) is 29.5 Å². The highest BCUT2D eigenvalue weighted by Gasteiger charge is 2.63. The van der Waals surface area contributed by atoms with E-state index in [-0.39, 0.29) is 18.0 Å². The number of hydrogen-bond donors (Lipinski definition) is 3. The Balaban J connectivity index is 2.42. The molecule has 0 heterocycles. The monoisotopic (exact) mass is 565 g/mol. The molecule has 5 N–H and O–H groups in total. The van der Waals surface area contributed by atoms with Crippen molar-refractivity contribution in [3.8, 4) is 0 Å². The summed E-state index contributed by atoms with van der Waals surface area (Å²) < 4.78 is 81.1. The van der Waals surface area contributed by atoms with Gasteiger partial charge in [0.25, 0.3) is 4.20 Å². The molecule has 37 heavy (non-hydrogen) atoms. The summed E-state index contributed by atoms with van der Waals surface area (Å²) in [4.78, 5) is -1.16. The number of aryl methyl sites for hydroxylation is 3. The Bertz CT molecular complexity index is 1490. The maximum atomic E-state index is 14.1. The smallest absolute Gasteiger partial charge is 0.260 e. The summed E-state index contributed by atoms with van der Waals surface area (Å²) in [5, 5.41) is 0.240. The predicted octanol–water partition coefficient (Wildman–Crippen LogP) is 1.82. The lowest BCUT2D eigenvalue weighted by Gasteiger charge is -2.36. The molecule has 0 fully saturated rings. The van der Waals surface area contributed by atoms with E-state index in [0.717, 1.165) is 5.56 Å². The zero-order chi connectivity index (χ0) is 27.6. The fraction of sp³-hybridized carbons (Fsp3) is 0.280. The summed E-state index contributed by atoms with van der Waals surface area (Å²) in [5.41, 5.74) is 14.3. The summed E-state index contributed by atoms with van der Waals surface area (Å²) in [5.74, 6) is 0. The highest BCUT2D eigenvalue weighted by Crippen LogP contribution is 2.38. The molecule has 0 spiro atoms. The highest BCUT2D eigenvalue weighted by molar-refractivity contribution is 8.11. The van der Waals surface area contributed by atoms with Crippen LogP contribution in [0.2, 0.25) is 0 Å². The second kappa shape index (κ2) is 10.6. The van der Waals surface area contributed by atoms with Gasteiger partial charge in [0.05, 0.1) is 14.7 Å². The molecule has 200 valence electrons. The van der Waals surface area contributed by atoms with Gasteiger partial charge in [0.2, 0.25) is 19.7 Å². The van der Waals surface area contributed by atoms with E-state index < -0.39 is 48.9 Å². The number of nitrogens with two attached hydrogens (primary N) is 2. The molecule has 0 bridgehead atoms. The van der Waals surface area contributed by atoms with Crippen molar-refractivity contribution in [3.63, 3.8) is 0 Å². The molecule has 0 amide bonds. The lowest BCUT2D eigenvalue weighted by molar-refractivity contribution is 0.482. The third kappa shape index (κ3) is 5.22. The minimum Gasteiger partial charge on any atom is -0.329 e. The average Bonchev–Trinajstić information content (AvgIpc) is 2.84. The Hall–Kier alpha value is -2.61. The first kappa shape index (κ1) is 29.0. The molecule has 1 atom stereocenters. The van der Waals surface area contributed by atoms with Gasteiger partial charge in [-0.05, 0) is 57.2 Å². The molecule has 1 unspecified atom stereocenters. The van der Waals surface area contributed by atoms with Crippen LogP contribution in [0.5, 0.6) is 0 Å². The molecule has 0 aliphatic carbocycles. The van der Waals surface area contributed by atoms with Gasteiger partial charge in [0.1, 0.15) is 0 Å². The summed E-state index contributed by atoms with van der Waals surface area (Å²) in [6.45, 7) is 4.87. The summed E-state index contributed by atoms with van der Waals surface area (Å²) in [6, 6.07) is 16.3. The van der Waals surface area contributed by atoms with E-state index >= 15 is 0 Å². The van der Waals surface area contributed by atoms with Crippen LogP contribution in [0.15, 0.2) is 87.5 Å². The zero-order valence-corrected chi connectivity index (χ0v) is 23.2.